The molecule has 1 aliphatic carbocycles. The predicted octanol–water partition coefficient (Wildman–Crippen LogP) is 3.85. The van der Waals surface area contributed by atoms with Crippen LogP contribution in [0.5, 0.6) is 5.75 Å². The van der Waals surface area contributed by atoms with E-state index in [0.717, 1.165) is 36.7 Å². The van der Waals surface area contributed by atoms with Gasteiger partial charge in [-0.15, -0.1) is 0 Å². The standard InChI is InChI=1S/C15H18FNO.H3N/c1-3-7-17-13-6-4-5-10(13)11-8-12(16)15(18-2)9-14(11)17;/h8-9H,3-7H2,1-2H3;1H3. The third kappa shape index (κ3) is 2.00. The lowest BCUT2D eigenvalue weighted by Gasteiger charge is -2.09. The summed E-state index contributed by atoms with van der Waals surface area (Å²) in [5.74, 6) is 0.0874. The molecule has 104 valence electrons. The molecule has 19 heavy (non-hydrogen) atoms. The van der Waals surface area contributed by atoms with Gasteiger partial charge in [0.05, 0.1) is 12.6 Å². The second kappa shape index (κ2) is 5.21. The monoisotopic (exact) mass is 264 g/mol. The van der Waals surface area contributed by atoms with E-state index in [1.807, 2.05) is 6.07 Å². The van der Waals surface area contributed by atoms with E-state index >= 15 is 0 Å². The highest BCUT2D eigenvalue weighted by Crippen LogP contribution is 2.36. The van der Waals surface area contributed by atoms with Gasteiger partial charge in [-0.1, -0.05) is 6.92 Å². The molecule has 0 saturated carbocycles. The largest absolute Gasteiger partial charge is 0.494 e. The second-order valence-electron chi connectivity index (χ2n) is 4.93. The molecule has 1 aromatic carbocycles. The van der Waals surface area contributed by atoms with Gasteiger partial charge in [0.1, 0.15) is 0 Å². The molecule has 1 heterocycles. The number of rotatable bonds is 3. The van der Waals surface area contributed by atoms with Crippen molar-refractivity contribution in [2.75, 3.05) is 7.11 Å². The first-order valence-electron chi connectivity index (χ1n) is 6.63. The number of aromatic nitrogens is 1. The van der Waals surface area contributed by atoms with Crippen molar-refractivity contribution in [3.05, 3.63) is 29.2 Å². The molecule has 3 N–H and O–H groups in total. The third-order valence-corrected chi connectivity index (χ3v) is 3.85. The van der Waals surface area contributed by atoms with Crippen LogP contribution in [0.1, 0.15) is 31.0 Å². The van der Waals surface area contributed by atoms with Crippen molar-refractivity contribution in [3.63, 3.8) is 0 Å². The number of fused-ring (bicyclic) bond motifs is 3. The minimum atomic E-state index is -0.256. The van der Waals surface area contributed by atoms with Gasteiger partial charge < -0.3 is 15.5 Å². The Kier molecular flexibility index (Phi) is 3.80. The summed E-state index contributed by atoms with van der Waals surface area (Å²) in [5.41, 5.74) is 3.87. The lowest BCUT2D eigenvalue weighted by atomic mass is 10.1. The van der Waals surface area contributed by atoms with Gasteiger partial charge in [0.15, 0.2) is 11.6 Å². The number of ether oxygens (including phenoxy) is 1. The SMILES string of the molecule is CCCn1c2c(c3cc(F)c(OC)cc31)CCC2.N. The fourth-order valence-corrected chi connectivity index (χ4v) is 3.10. The molecule has 3 nitrogen and oxygen atoms in total. The molecule has 1 aliphatic rings. The van der Waals surface area contributed by atoms with E-state index in [1.54, 1.807) is 6.07 Å². The van der Waals surface area contributed by atoms with E-state index in [9.17, 15) is 4.39 Å². The fourth-order valence-electron chi connectivity index (χ4n) is 3.10. The molecule has 0 radical (unpaired) electrons. The second-order valence-corrected chi connectivity index (χ2v) is 4.93. The number of hydrogen-bond donors (Lipinski definition) is 1. The van der Waals surface area contributed by atoms with Crippen LogP contribution in [0.25, 0.3) is 10.9 Å². The molecule has 0 spiro atoms. The lowest BCUT2D eigenvalue weighted by Crippen LogP contribution is -2.01. The molecule has 1 aromatic heterocycles. The predicted molar refractivity (Wildman–Crippen MR) is 75.8 cm³/mol. The number of methoxy groups -OCH3 is 1. The molecule has 2 aromatic rings. The maximum Gasteiger partial charge on any atom is 0.165 e. The molecule has 3 rings (SSSR count). The van der Waals surface area contributed by atoms with Crippen LogP contribution < -0.4 is 10.9 Å². The first-order chi connectivity index (χ1) is 8.76. The van der Waals surface area contributed by atoms with Crippen molar-refractivity contribution < 1.29 is 9.13 Å². The maximum absolute atomic E-state index is 13.8. The molecule has 0 bridgehead atoms. The van der Waals surface area contributed by atoms with E-state index in [1.165, 1.54) is 24.8 Å². The molecule has 0 atom stereocenters. The molecule has 0 unspecified atom stereocenters. The van der Waals surface area contributed by atoms with Crippen LogP contribution in [0.4, 0.5) is 4.39 Å². The minimum Gasteiger partial charge on any atom is -0.494 e. The minimum absolute atomic E-state index is 0. The number of benzene rings is 1. The Morgan fingerprint density at radius 2 is 2.11 bits per heavy atom. The topological polar surface area (TPSA) is 49.2 Å². The summed E-state index contributed by atoms with van der Waals surface area (Å²) in [5, 5.41) is 1.08. The van der Waals surface area contributed by atoms with Gasteiger partial charge in [-0.2, -0.15) is 0 Å². The Labute approximate surface area is 112 Å². The quantitative estimate of drug-likeness (QED) is 0.915. The van der Waals surface area contributed by atoms with Gasteiger partial charge in [0.25, 0.3) is 0 Å². The molecule has 0 fully saturated rings. The van der Waals surface area contributed by atoms with E-state index in [4.69, 9.17) is 4.74 Å². The van der Waals surface area contributed by atoms with Gasteiger partial charge in [-0.25, -0.2) is 4.39 Å². The van der Waals surface area contributed by atoms with Crippen LogP contribution in [0.3, 0.4) is 0 Å². The number of aryl methyl sites for hydroxylation is 2. The summed E-state index contributed by atoms with van der Waals surface area (Å²) in [6.07, 6.45) is 4.48. The summed E-state index contributed by atoms with van der Waals surface area (Å²) in [6, 6.07) is 3.49. The van der Waals surface area contributed by atoms with Crippen molar-refractivity contribution in [1.29, 1.82) is 0 Å². The van der Waals surface area contributed by atoms with Gasteiger partial charge in [0, 0.05) is 23.7 Å². The van der Waals surface area contributed by atoms with Crippen molar-refractivity contribution in [3.8, 4) is 5.75 Å². The van der Waals surface area contributed by atoms with E-state index in [0.29, 0.717) is 5.75 Å². The Balaban J connectivity index is 0.00000133. The van der Waals surface area contributed by atoms with Crippen molar-refractivity contribution in [1.82, 2.24) is 10.7 Å². The highest BCUT2D eigenvalue weighted by Gasteiger charge is 2.22. The summed E-state index contributed by atoms with van der Waals surface area (Å²) in [4.78, 5) is 0. The zero-order valence-electron chi connectivity index (χ0n) is 11.6. The molecule has 0 amide bonds. The van der Waals surface area contributed by atoms with Gasteiger partial charge in [0.2, 0.25) is 0 Å². The van der Waals surface area contributed by atoms with Crippen LogP contribution in [0.15, 0.2) is 12.1 Å². The first-order valence-corrected chi connectivity index (χ1v) is 6.63. The lowest BCUT2D eigenvalue weighted by molar-refractivity contribution is 0.387. The van der Waals surface area contributed by atoms with Gasteiger partial charge in [-0.05, 0) is 37.3 Å². The summed E-state index contributed by atoms with van der Waals surface area (Å²) in [7, 11) is 1.52. The average molecular weight is 264 g/mol. The summed E-state index contributed by atoms with van der Waals surface area (Å²) >= 11 is 0. The van der Waals surface area contributed by atoms with Crippen molar-refractivity contribution >= 4 is 10.9 Å². The molecule has 0 saturated heterocycles. The van der Waals surface area contributed by atoms with E-state index in [2.05, 4.69) is 11.5 Å². The van der Waals surface area contributed by atoms with Crippen LogP contribution in [-0.2, 0) is 19.4 Å². The normalized spacial score (nSPS) is 13.4. The van der Waals surface area contributed by atoms with E-state index < -0.39 is 0 Å². The highest BCUT2D eigenvalue weighted by molar-refractivity contribution is 5.87. The number of halogens is 1. The van der Waals surface area contributed by atoms with Gasteiger partial charge in [-0.3, -0.25) is 0 Å². The summed E-state index contributed by atoms with van der Waals surface area (Å²) < 4.78 is 21.3. The molecule has 4 heteroatoms. The van der Waals surface area contributed by atoms with Crippen LogP contribution in [-0.4, -0.2) is 11.7 Å². The Morgan fingerprint density at radius 3 is 2.79 bits per heavy atom. The Bertz CT molecular complexity index is 604. The van der Waals surface area contributed by atoms with Crippen LogP contribution in [0, 0.1) is 5.82 Å². The number of nitrogens with zero attached hydrogens (tertiary/aromatic N) is 1. The zero-order chi connectivity index (χ0) is 12.7. The van der Waals surface area contributed by atoms with Crippen LogP contribution in [0.2, 0.25) is 0 Å². The fraction of sp³-hybridized carbons (Fsp3) is 0.467. The highest BCUT2D eigenvalue weighted by atomic mass is 19.1. The third-order valence-electron chi connectivity index (χ3n) is 3.85. The van der Waals surface area contributed by atoms with Crippen molar-refractivity contribution in [2.24, 2.45) is 0 Å². The first kappa shape index (κ1) is 13.9. The Morgan fingerprint density at radius 1 is 1.32 bits per heavy atom. The molecular formula is C15H21FN2O. The van der Waals surface area contributed by atoms with Gasteiger partial charge >= 0.3 is 0 Å². The van der Waals surface area contributed by atoms with Crippen LogP contribution >= 0.6 is 0 Å². The number of hydrogen-bond acceptors (Lipinski definition) is 2. The zero-order valence-corrected chi connectivity index (χ0v) is 11.6. The maximum atomic E-state index is 13.8. The van der Waals surface area contributed by atoms with Crippen molar-refractivity contribution in [2.45, 2.75) is 39.2 Å². The van der Waals surface area contributed by atoms with E-state index in [-0.39, 0.29) is 12.0 Å². The average Bonchev–Trinajstić information content (AvgIpc) is 2.93. The Hall–Kier alpha value is -1.55. The molecular weight excluding hydrogens is 243 g/mol. The molecule has 0 aliphatic heterocycles. The smallest absolute Gasteiger partial charge is 0.165 e. The summed E-state index contributed by atoms with van der Waals surface area (Å²) in [6.45, 7) is 3.18.